The third-order valence-corrected chi connectivity index (χ3v) is 6.88. The van der Waals surface area contributed by atoms with Crippen molar-refractivity contribution in [3.63, 3.8) is 0 Å². The molecule has 0 aromatic carbocycles. The van der Waals surface area contributed by atoms with E-state index in [9.17, 15) is 15.2 Å². The van der Waals surface area contributed by atoms with Crippen LogP contribution in [0, 0.1) is 11.8 Å². The van der Waals surface area contributed by atoms with E-state index >= 15 is 0 Å². The molecule has 0 fully saturated rings. The van der Waals surface area contributed by atoms with Crippen LogP contribution in [0.3, 0.4) is 0 Å². The van der Waals surface area contributed by atoms with E-state index in [4.69, 9.17) is 8.32 Å². The van der Waals surface area contributed by atoms with Crippen molar-refractivity contribution in [2.75, 3.05) is 13.1 Å². The molecule has 26 heavy (non-hydrogen) atoms. The molecule has 2 atom stereocenters. The first-order valence-electron chi connectivity index (χ1n) is 9.35. The van der Waals surface area contributed by atoms with Gasteiger partial charge in [-0.05, 0) is 37.8 Å². The third kappa shape index (κ3) is 22.1. The monoisotopic (exact) mass is 459 g/mol. The summed E-state index contributed by atoms with van der Waals surface area (Å²) in [5, 5.41) is 3.71. The predicted molar refractivity (Wildman–Crippen MR) is 87.8 cm³/mol. The molecule has 0 aromatic rings. The van der Waals surface area contributed by atoms with Gasteiger partial charge in [0, 0.05) is 0 Å². The second kappa shape index (κ2) is 16.1. The van der Waals surface area contributed by atoms with Crippen LogP contribution < -0.4 is 5.32 Å². The average molecular weight is 459 g/mol. The molecule has 0 radical (unpaired) electrons. The van der Waals surface area contributed by atoms with Crippen molar-refractivity contribution >= 4 is 0 Å². The van der Waals surface area contributed by atoms with Gasteiger partial charge < -0.3 is 5.32 Å². The van der Waals surface area contributed by atoms with Crippen molar-refractivity contribution in [3.8, 4) is 0 Å². The van der Waals surface area contributed by atoms with Gasteiger partial charge in [-0.2, -0.15) is 0 Å². The summed E-state index contributed by atoms with van der Waals surface area (Å²) in [5.74, 6) is 1.80. The second-order valence-electron chi connectivity index (χ2n) is 6.41. The van der Waals surface area contributed by atoms with Gasteiger partial charge in [0.1, 0.15) is 0 Å². The van der Waals surface area contributed by atoms with Crippen LogP contribution in [-0.2, 0) is 45.3 Å². The van der Waals surface area contributed by atoms with Crippen LogP contribution >= 0.6 is 0 Å². The fourth-order valence-corrected chi connectivity index (χ4v) is 4.23. The van der Waals surface area contributed by atoms with Crippen molar-refractivity contribution in [1.29, 1.82) is 0 Å². The van der Waals surface area contributed by atoms with Crippen molar-refractivity contribution in [1.82, 2.24) is 5.32 Å². The van der Waals surface area contributed by atoms with E-state index in [2.05, 4.69) is 35.9 Å². The standard InChI is InChI=1S/C16H35N.2Cr.2H2O.5O/c1-5-9-11-15(7-3)13-17-14-16(8-4)12-10-6-2;;;;;;;;;/h15-17H,5-14H2,1-4H3;;;2*1H2;;;;;/q;2*+1;;;;;;;/p-2. The molecule has 2 unspecified atom stereocenters. The van der Waals surface area contributed by atoms with Gasteiger partial charge in [0.05, 0.1) is 0 Å². The number of rotatable bonds is 14. The van der Waals surface area contributed by atoms with Gasteiger partial charge in [-0.25, -0.2) is 0 Å². The number of nitrogens with one attached hydrogen (secondary N) is 1. The molecule has 0 saturated carbocycles. The Labute approximate surface area is 162 Å². The Morgan fingerprint density at radius 3 is 1.31 bits per heavy atom. The van der Waals surface area contributed by atoms with E-state index in [1.165, 1.54) is 64.5 Å². The topological polar surface area (TPSA) is 130 Å². The maximum atomic E-state index is 9.53. The van der Waals surface area contributed by atoms with E-state index in [1.54, 1.807) is 0 Å². The molecule has 0 spiro atoms. The van der Waals surface area contributed by atoms with E-state index < -0.39 is 27.2 Å². The van der Waals surface area contributed by atoms with E-state index in [0.717, 1.165) is 11.8 Å². The Kier molecular flexibility index (Phi) is 17.5. The quantitative estimate of drug-likeness (QED) is 0.361. The molecule has 0 bridgehead atoms. The fraction of sp³-hybridized carbons (Fsp3) is 1.00. The number of hydrogen-bond donors (Lipinski definition) is 3. The molecule has 0 aromatic heterocycles. The minimum absolute atomic E-state index is 0.902. The summed E-state index contributed by atoms with van der Waals surface area (Å²) in [6.07, 6.45) is 10.9. The summed E-state index contributed by atoms with van der Waals surface area (Å²) in [4.78, 5) is 0. The molecule has 8 nitrogen and oxygen atoms in total. The van der Waals surface area contributed by atoms with Gasteiger partial charge in [0.25, 0.3) is 0 Å². The van der Waals surface area contributed by atoms with E-state index in [-0.39, 0.29) is 0 Å². The Bertz CT molecular complexity index is 475. The van der Waals surface area contributed by atoms with Crippen LogP contribution in [0.25, 0.3) is 0 Å². The van der Waals surface area contributed by atoms with Crippen LogP contribution in [0.1, 0.15) is 79.1 Å². The summed E-state index contributed by atoms with van der Waals surface area (Å²) < 4.78 is 56.3. The Hall–Kier alpha value is 0.105. The Morgan fingerprint density at radius 1 is 0.769 bits per heavy atom. The Balaban J connectivity index is 0. The fourth-order valence-electron chi connectivity index (χ4n) is 2.49. The van der Waals surface area contributed by atoms with E-state index in [1.807, 2.05) is 0 Å². The SMILES string of the molecule is CCCCC(CC)CNCC(CC)CCCC.[O]=[Cr](=[O])([OH])[O][Cr](=[O])(=[O])[OH]. The van der Waals surface area contributed by atoms with Crippen LogP contribution in [0.4, 0.5) is 0 Å². The molecule has 0 aliphatic rings. The van der Waals surface area contributed by atoms with Gasteiger partial charge in [-0.1, -0.05) is 66.2 Å². The summed E-state index contributed by atoms with van der Waals surface area (Å²) in [6.45, 7) is 11.7. The molecule has 0 aliphatic heterocycles. The van der Waals surface area contributed by atoms with Crippen molar-refractivity contribution in [2.45, 2.75) is 79.1 Å². The molecule has 0 aliphatic carbocycles. The average Bonchev–Trinajstić information content (AvgIpc) is 2.50. The van der Waals surface area contributed by atoms with Crippen LogP contribution in [0.2, 0.25) is 0 Å². The first-order valence-corrected chi connectivity index (χ1v) is 13.6. The molecule has 160 valence electrons. The molecule has 10 heteroatoms. The maximum absolute atomic E-state index is 9.53. The van der Waals surface area contributed by atoms with Crippen LogP contribution in [-0.4, -0.2) is 21.4 Å². The molecule has 0 rings (SSSR count). The molecule has 3 N–H and O–H groups in total. The Morgan fingerprint density at radius 2 is 1.12 bits per heavy atom. The number of hydrogen-bond acceptors (Lipinski definition) is 6. The third-order valence-electron chi connectivity index (χ3n) is 4.12. The molecular weight excluding hydrogens is 422 g/mol. The minimum atomic E-state index is -5.76. The normalized spacial score (nSPS) is 14.4. The molecule has 0 heterocycles. The van der Waals surface area contributed by atoms with Crippen LogP contribution in [0.5, 0.6) is 0 Å². The van der Waals surface area contributed by atoms with Gasteiger partial charge in [-0.15, -0.1) is 0 Å². The first-order chi connectivity index (χ1) is 12.0. The molecule has 0 saturated heterocycles. The van der Waals surface area contributed by atoms with Crippen LogP contribution in [0.15, 0.2) is 0 Å². The van der Waals surface area contributed by atoms with Gasteiger partial charge in [0.15, 0.2) is 0 Å². The summed E-state index contributed by atoms with van der Waals surface area (Å²) in [7, 11) is 0. The second-order valence-corrected chi connectivity index (χ2v) is 10.2. The van der Waals surface area contributed by atoms with Crippen molar-refractivity contribution in [2.24, 2.45) is 11.8 Å². The first kappa shape index (κ1) is 28.3. The zero-order valence-electron chi connectivity index (χ0n) is 16.5. The molecular formula is C16H37Cr2NO7. The molecule has 0 amide bonds. The predicted octanol–water partition coefficient (Wildman–Crippen LogP) is 3.35. The van der Waals surface area contributed by atoms with Gasteiger partial charge >= 0.3 is 53.6 Å². The van der Waals surface area contributed by atoms with Crippen molar-refractivity contribution < 1.29 is 53.6 Å². The van der Waals surface area contributed by atoms with Gasteiger partial charge in [-0.3, -0.25) is 0 Å². The zero-order valence-corrected chi connectivity index (χ0v) is 19.0. The zero-order chi connectivity index (χ0) is 20.6. The summed E-state index contributed by atoms with van der Waals surface area (Å²) in [6, 6.07) is 0. The summed E-state index contributed by atoms with van der Waals surface area (Å²) in [5.41, 5.74) is 0. The number of unbranched alkanes of at least 4 members (excludes halogenated alkanes) is 2. The van der Waals surface area contributed by atoms with Gasteiger partial charge in [0.2, 0.25) is 0 Å². The summed E-state index contributed by atoms with van der Waals surface area (Å²) >= 11 is -11.5. The van der Waals surface area contributed by atoms with E-state index in [0.29, 0.717) is 0 Å². The van der Waals surface area contributed by atoms with Crippen molar-refractivity contribution in [3.05, 3.63) is 0 Å².